The average Bonchev–Trinajstić information content (AvgIpc) is 3.27. The van der Waals surface area contributed by atoms with E-state index in [-0.39, 0.29) is 17.9 Å². The van der Waals surface area contributed by atoms with Crippen LogP contribution in [0.15, 0.2) is 12.1 Å². The molecule has 3 aliphatic rings. The maximum Gasteiger partial charge on any atom is 0.223 e. The molecule has 1 aromatic heterocycles. The summed E-state index contributed by atoms with van der Waals surface area (Å²) < 4.78 is 5.58. The smallest absolute Gasteiger partial charge is 0.223 e. The van der Waals surface area contributed by atoms with E-state index < -0.39 is 0 Å². The first kappa shape index (κ1) is 18.5. The first-order chi connectivity index (χ1) is 13.3. The topological polar surface area (TPSA) is 70.6 Å². The quantitative estimate of drug-likeness (QED) is 0.851. The molecule has 1 aromatic rings. The summed E-state index contributed by atoms with van der Waals surface area (Å²) in [5.41, 5.74) is 0. The number of nitrogens with zero attached hydrogens (tertiary/aromatic N) is 4. The number of rotatable bonds is 5. The van der Waals surface area contributed by atoms with E-state index in [0.717, 1.165) is 70.1 Å². The van der Waals surface area contributed by atoms with Crippen LogP contribution in [0.2, 0.25) is 0 Å². The van der Waals surface area contributed by atoms with Crippen LogP contribution in [0.1, 0.15) is 44.9 Å². The van der Waals surface area contributed by atoms with Gasteiger partial charge in [-0.2, -0.15) is 0 Å². The van der Waals surface area contributed by atoms with E-state index in [2.05, 4.69) is 37.4 Å². The number of carbonyl (C=O) groups excluding carboxylic acids is 1. The van der Waals surface area contributed by atoms with Crippen molar-refractivity contribution in [3.63, 3.8) is 0 Å². The van der Waals surface area contributed by atoms with Crippen LogP contribution in [-0.4, -0.2) is 61.5 Å². The minimum absolute atomic E-state index is 0.100. The molecule has 148 valence electrons. The molecule has 0 aromatic carbocycles. The van der Waals surface area contributed by atoms with Gasteiger partial charge in [-0.25, -0.2) is 0 Å². The first-order valence-electron chi connectivity index (χ1n) is 10.5. The molecular weight excluding hydrogens is 342 g/mol. The van der Waals surface area contributed by atoms with Crippen LogP contribution in [-0.2, 0) is 9.53 Å². The maximum atomic E-state index is 12.4. The maximum absolute atomic E-state index is 12.4. The summed E-state index contributed by atoms with van der Waals surface area (Å²) in [5.74, 6) is 2.19. The lowest BCUT2D eigenvalue weighted by Gasteiger charge is -2.32. The third kappa shape index (κ3) is 4.69. The molecule has 0 saturated carbocycles. The van der Waals surface area contributed by atoms with Crippen molar-refractivity contribution in [1.29, 1.82) is 0 Å². The highest BCUT2D eigenvalue weighted by atomic mass is 16.5. The molecule has 7 nitrogen and oxygen atoms in total. The van der Waals surface area contributed by atoms with Crippen LogP contribution >= 0.6 is 0 Å². The van der Waals surface area contributed by atoms with Crippen LogP contribution in [0.5, 0.6) is 0 Å². The highest BCUT2D eigenvalue weighted by molar-refractivity contribution is 5.79. The van der Waals surface area contributed by atoms with Gasteiger partial charge in [0.25, 0.3) is 0 Å². The van der Waals surface area contributed by atoms with Gasteiger partial charge in [-0.1, -0.05) is 0 Å². The minimum Gasteiger partial charge on any atom is -0.376 e. The van der Waals surface area contributed by atoms with Crippen molar-refractivity contribution < 1.29 is 9.53 Å². The first-order valence-corrected chi connectivity index (χ1v) is 10.5. The molecular formula is C20H31N5O2. The van der Waals surface area contributed by atoms with Gasteiger partial charge >= 0.3 is 0 Å². The highest BCUT2D eigenvalue weighted by Gasteiger charge is 2.27. The number of aromatic nitrogens is 2. The number of anilines is 2. The zero-order chi connectivity index (χ0) is 18.5. The van der Waals surface area contributed by atoms with Gasteiger partial charge in [0.1, 0.15) is 0 Å². The van der Waals surface area contributed by atoms with E-state index in [9.17, 15) is 4.79 Å². The Morgan fingerprint density at radius 3 is 2.22 bits per heavy atom. The van der Waals surface area contributed by atoms with E-state index in [1.54, 1.807) is 0 Å². The Morgan fingerprint density at radius 2 is 1.63 bits per heavy atom. The summed E-state index contributed by atoms with van der Waals surface area (Å²) in [6.07, 6.45) is 7.92. The fourth-order valence-corrected chi connectivity index (χ4v) is 4.31. The number of hydrogen-bond acceptors (Lipinski definition) is 6. The lowest BCUT2D eigenvalue weighted by atomic mass is 9.96. The molecule has 4 rings (SSSR count). The molecule has 4 heterocycles. The third-order valence-electron chi connectivity index (χ3n) is 6.03. The van der Waals surface area contributed by atoms with Gasteiger partial charge in [-0.05, 0) is 57.1 Å². The van der Waals surface area contributed by atoms with E-state index in [4.69, 9.17) is 4.74 Å². The van der Waals surface area contributed by atoms with Crippen molar-refractivity contribution in [3.05, 3.63) is 12.1 Å². The molecule has 3 aliphatic heterocycles. The molecule has 0 bridgehead atoms. The van der Waals surface area contributed by atoms with E-state index in [0.29, 0.717) is 6.54 Å². The molecule has 7 heteroatoms. The van der Waals surface area contributed by atoms with Gasteiger partial charge in [-0.3, -0.25) is 4.79 Å². The van der Waals surface area contributed by atoms with E-state index >= 15 is 0 Å². The van der Waals surface area contributed by atoms with Crippen molar-refractivity contribution >= 4 is 17.5 Å². The molecule has 27 heavy (non-hydrogen) atoms. The monoisotopic (exact) mass is 373 g/mol. The van der Waals surface area contributed by atoms with Gasteiger partial charge in [0, 0.05) is 45.2 Å². The van der Waals surface area contributed by atoms with Crippen molar-refractivity contribution in [1.82, 2.24) is 15.5 Å². The summed E-state index contributed by atoms with van der Waals surface area (Å²) in [7, 11) is 0. The number of carbonyl (C=O) groups is 1. The summed E-state index contributed by atoms with van der Waals surface area (Å²) in [6.45, 7) is 5.37. The number of piperidine rings is 2. The van der Waals surface area contributed by atoms with Gasteiger partial charge in [-0.15, -0.1) is 10.2 Å². The molecule has 0 radical (unpaired) electrons. The SMILES string of the molecule is O=C(NCC1CCCO1)C1CCN(c2ccc(N3CCCCC3)nn2)CC1. The summed E-state index contributed by atoms with van der Waals surface area (Å²) in [6, 6.07) is 4.17. The molecule has 0 aliphatic carbocycles. The van der Waals surface area contributed by atoms with Crippen LogP contribution in [0.25, 0.3) is 0 Å². The van der Waals surface area contributed by atoms with Gasteiger partial charge in [0.2, 0.25) is 5.91 Å². The second kappa shape index (κ2) is 8.87. The number of nitrogens with one attached hydrogen (secondary N) is 1. The standard InChI is InChI=1S/C20H31N5O2/c26-20(21-15-17-5-4-14-27-17)16-8-12-25(13-9-16)19-7-6-18(22-23-19)24-10-2-1-3-11-24/h6-7,16-17H,1-5,8-15H2,(H,21,26). The van der Waals surface area contributed by atoms with Crippen molar-refractivity contribution in [3.8, 4) is 0 Å². The Balaban J connectivity index is 1.24. The largest absolute Gasteiger partial charge is 0.376 e. The Bertz CT molecular complexity index is 603. The van der Waals surface area contributed by atoms with Crippen molar-refractivity contribution in [2.24, 2.45) is 5.92 Å². The molecule has 1 unspecified atom stereocenters. The number of amides is 1. The fraction of sp³-hybridized carbons (Fsp3) is 0.750. The molecule has 1 atom stereocenters. The minimum atomic E-state index is 0.100. The van der Waals surface area contributed by atoms with Crippen molar-refractivity contribution in [2.45, 2.75) is 51.0 Å². The Kier molecular flexibility index (Phi) is 6.07. The lowest BCUT2D eigenvalue weighted by molar-refractivity contribution is -0.126. The van der Waals surface area contributed by atoms with Gasteiger partial charge < -0.3 is 19.9 Å². The van der Waals surface area contributed by atoms with E-state index in [1.165, 1.54) is 19.3 Å². The predicted molar refractivity (Wildman–Crippen MR) is 105 cm³/mol. The third-order valence-corrected chi connectivity index (χ3v) is 6.03. The summed E-state index contributed by atoms with van der Waals surface area (Å²) in [5, 5.41) is 12.0. The van der Waals surface area contributed by atoms with Crippen LogP contribution in [0, 0.1) is 5.92 Å². The number of ether oxygens (including phenoxy) is 1. The Hall–Kier alpha value is -1.89. The molecule has 3 saturated heterocycles. The van der Waals surface area contributed by atoms with Crippen LogP contribution in [0.4, 0.5) is 11.6 Å². The second-order valence-electron chi connectivity index (χ2n) is 7.94. The van der Waals surface area contributed by atoms with Crippen molar-refractivity contribution in [2.75, 3.05) is 49.1 Å². The fourth-order valence-electron chi connectivity index (χ4n) is 4.31. The predicted octanol–water partition coefficient (Wildman–Crippen LogP) is 1.98. The highest BCUT2D eigenvalue weighted by Crippen LogP contribution is 2.24. The second-order valence-corrected chi connectivity index (χ2v) is 7.94. The molecule has 1 amide bonds. The van der Waals surface area contributed by atoms with Crippen LogP contribution < -0.4 is 15.1 Å². The molecule has 1 N–H and O–H groups in total. The normalized spacial score (nSPS) is 24.2. The summed E-state index contributed by atoms with van der Waals surface area (Å²) >= 11 is 0. The molecule has 3 fully saturated rings. The van der Waals surface area contributed by atoms with Gasteiger partial charge in [0.05, 0.1) is 6.10 Å². The summed E-state index contributed by atoms with van der Waals surface area (Å²) in [4.78, 5) is 17.0. The molecule has 0 spiro atoms. The Labute approximate surface area is 161 Å². The zero-order valence-corrected chi connectivity index (χ0v) is 16.1. The lowest BCUT2D eigenvalue weighted by Crippen LogP contribution is -2.42. The van der Waals surface area contributed by atoms with E-state index in [1.807, 2.05) is 0 Å². The zero-order valence-electron chi connectivity index (χ0n) is 16.1. The Morgan fingerprint density at radius 1 is 0.963 bits per heavy atom. The van der Waals surface area contributed by atoms with Crippen LogP contribution in [0.3, 0.4) is 0 Å². The van der Waals surface area contributed by atoms with Gasteiger partial charge in [0.15, 0.2) is 11.6 Å². The average molecular weight is 374 g/mol. The number of hydrogen-bond donors (Lipinski definition) is 1.